The number of halogens is 4. The molecule has 0 aliphatic heterocycles. The van der Waals surface area contributed by atoms with Gasteiger partial charge >= 0.3 is 0 Å². The summed E-state index contributed by atoms with van der Waals surface area (Å²) in [5.41, 5.74) is 0.866. The molecular weight excluding hydrogens is 452 g/mol. The van der Waals surface area contributed by atoms with E-state index < -0.39 is 0 Å². The van der Waals surface area contributed by atoms with Crippen molar-refractivity contribution in [2.75, 3.05) is 5.32 Å². The van der Waals surface area contributed by atoms with Crippen LogP contribution in [0.2, 0.25) is 15.1 Å². The van der Waals surface area contributed by atoms with Crippen LogP contribution in [0.5, 0.6) is 0 Å². The Hall–Kier alpha value is -1.54. The summed E-state index contributed by atoms with van der Waals surface area (Å²) in [6.45, 7) is 0.480. The lowest BCUT2D eigenvalue weighted by Gasteiger charge is -2.05. The Morgan fingerprint density at radius 2 is 1.96 bits per heavy atom. The first-order valence-electron chi connectivity index (χ1n) is 7.05. The van der Waals surface area contributed by atoms with Gasteiger partial charge in [0.05, 0.1) is 22.2 Å². The third-order valence-electron chi connectivity index (χ3n) is 3.23. The molecule has 0 spiro atoms. The third kappa shape index (κ3) is 4.76. The molecule has 1 N–H and O–H groups in total. The van der Waals surface area contributed by atoms with Crippen LogP contribution < -0.4 is 5.32 Å². The van der Waals surface area contributed by atoms with Crippen LogP contribution in [0.4, 0.5) is 5.82 Å². The van der Waals surface area contributed by atoms with Crippen molar-refractivity contribution < 1.29 is 4.79 Å². The number of rotatable bonds is 5. The molecule has 130 valence electrons. The topological polar surface area (TPSA) is 64.7 Å². The molecule has 0 bridgehead atoms. The van der Waals surface area contributed by atoms with Gasteiger partial charge < -0.3 is 5.32 Å². The number of hydrogen-bond donors (Lipinski definition) is 1. The second-order valence-corrected chi connectivity index (χ2v) is 7.30. The average molecular weight is 464 g/mol. The number of anilines is 1. The molecule has 0 atom stereocenters. The van der Waals surface area contributed by atoms with Gasteiger partial charge in [0.25, 0.3) is 0 Å². The highest BCUT2D eigenvalue weighted by molar-refractivity contribution is 9.10. The van der Waals surface area contributed by atoms with Crippen LogP contribution in [-0.4, -0.2) is 25.5 Å². The standard InChI is InChI=1S/C15H11BrCl3N5O/c16-12-7-24(5-9-1-2-10(17)3-13(9)19)22-15(12)21-14(25)8-23-6-11(18)4-20-23/h1-4,6-7H,5,8H2,(H,21,22,25). The van der Waals surface area contributed by atoms with Gasteiger partial charge in [-0.25, -0.2) is 0 Å². The van der Waals surface area contributed by atoms with Crippen molar-refractivity contribution >= 4 is 62.5 Å². The molecule has 0 fully saturated rings. The Labute approximate surface area is 166 Å². The SMILES string of the molecule is O=C(Cn1cc(Cl)cn1)Nc1nn(Cc2ccc(Cl)cc2Cl)cc1Br. The predicted octanol–water partition coefficient (Wildman–Crippen LogP) is 4.49. The van der Waals surface area contributed by atoms with Gasteiger partial charge in [-0.05, 0) is 33.6 Å². The van der Waals surface area contributed by atoms with Gasteiger partial charge in [-0.2, -0.15) is 10.2 Å². The fourth-order valence-electron chi connectivity index (χ4n) is 2.13. The Bertz CT molecular complexity index is 924. The van der Waals surface area contributed by atoms with Gasteiger partial charge in [-0.3, -0.25) is 14.2 Å². The average Bonchev–Trinajstić information content (AvgIpc) is 3.08. The number of hydrogen-bond acceptors (Lipinski definition) is 3. The van der Waals surface area contributed by atoms with E-state index in [-0.39, 0.29) is 12.5 Å². The van der Waals surface area contributed by atoms with Crippen molar-refractivity contribution in [3.63, 3.8) is 0 Å². The van der Waals surface area contributed by atoms with Crippen LogP contribution in [-0.2, 0) is 17.9 Å². The van der Waals surface area contributed by atoms with Crippen LogP contribution in [0.15, 0.2) is 41.3 Å². The van der Waals surface area contributed by atoms with Gasteiger partial charge in [0, 0.05) is 22.4 Å². The van der Waals surface area contributed by atoms with Crippen molar-refractivity contribution in [2.24, 2.45) is 0 Å². The van der Waals surface area contributed by atoms with Gasteiger partial charge in [-0.15, -0.1) is 0 Å². The van der Waals surface area contributed by atoms with E-state index in [0.29, 0.717) is 31.9 Å². The molecule has 3 aromatic rings. The molecule has 0 saturated heterocycles. The zero-order valence-electron chi connectivity index (χ0n) is 12.6. The number of carbonyl (C=O) groups excluding carboxylic acids is 1. The minimum atomic E-state index is -0.268. The molecule has 10 heteroatoms. The third-order valence-corrected chi connectivity index (χ3v) is 4.59. The Kier molecular flexibility index (Phi) is 5.68. The highest BCUT2D eigenvalue weighted by atomic mass is 79.9. The summed E-state index contributed by atoms with van der Waals surface area (Å²) in [6, 6.07) is 5.27. The summed E-state index contributed by atoms with van der Waals surface area (Å²) < 4.78 is 3.76. The van der Waals surface area contributed by atoms with E-state index >= 15 is 0 Å². The van der Waals surface area contributed by atoms with Crippen LogP contribution in [0.25, 0.3) is 0 Å². The van der Waals surface area contributed by atoms with Crippen molar-refractivity contribution in [1.82, 2.24) is 19.6 Å². The zero-order chi connectivity index (χ0) is 18.0. The van der Waals surface area contributed by atoms with Gasteiger partial charge in [-0.1, -0.05) is 40.9 Å². The molecule has 0 radical (unpaired) electrons. The fourth-order valence-corrected chi connectivity index (χ4v) is 3.17. The number of nitrogens with one attached hydrogen (secondary N) is 1. The molecule has 0 aliphatic rings. The van der Waals surface area contributed by atoms with E-state index in [1.54, 1.807) is 29.2 Å². The van der Waals surface area contributed by atoms with E-state index in [4.69, 9.17) is 34.8 Å². The minimum absolute atomic E-state index is 0.0367. The van der Waals surface area contributed by atoms with Crippen LogP contribution in [0, 0.1) is 0 Å². The first-order chi connectivity index (χ1) is 11.9. The maximum absolute atomic E-state index is 12.1. The number of aromatic nitrogens is 4. The van der Waals surface area contributed by atoms with E-state index in [1.807, 2.05) is 6.07 Å². The van der Waals surface area contributed by atoms with E-state index in [9.17, 15) is 4.79 Å². The van der Waals surface area contributed by atoms with Crippen molar-refractivity contribution in [2.45, 2.75) is 13.1 Å². The highest BCUT2D eigenvalue weighted by Gasteiger charge is 2.12. The molecule has 1 amide bonds. The quantitative estimate of drug-likeness (QED) is 0.606. The van der Waals surface area contributed by atoms with Crippen molar-refractivity contribution in [3.05, 3.63) is 61.9 Å². The van der Waals surface area contributed by atoms with Crippen LogP contribution in [0.3, 0.4) is 0 Å². The normalized spacial score (nSPS) is 10.9. The highest BCUT2D eigenvalue weighted by Crippen LogP contribution is 2.24. The Morgan fingerprint density at radius 3 is 2.64 bits per heavy atom. The van der Waals surface area contributed by atoms with Crippen LogP contribution in [0.1, 0.15) is 5.56 Å². The summed E-state index contributed by atoms with van der Waals surface area (Å²) in [5, 5.41) is 12.6. The molecule has 1 aromatic carbocycles. The maximum atomic E-state index is 12.1. The summed E-state index contributed by atoms with van der Waals surface area (Å²) in [5.74, 6) is 0.142. The van der Waals surface area contributed by atoms with E-state index in [2.05, 4.69) is 31.4 Å². The maximum Gasteiger partial charge on any atom is 0.247 e. The summed E-state index contributed by atoms with van der Waals surface area (Å²) in [6.07, 6.45) is 4.79. The fraction of sp³-hybridized carbons (Fsp3) is 0.133. The molecule has 25 heavy (non-hydrogen) atoms. The van der Waals surface area contributed by atoms with Gasteiger partial charge in [0.1, 0.15) is 6.54 Å². The molecule has 0 saturated carbocycles. The number of amides is 1. The first-order valence-corrected chi connectivity index (χ1v) is 8.98. The van der Waals surface area contributed by atoms with Crippen molar-refractivity contribution in [3.8, 4) is 0 Å². The summed E-state index contributed by atoms with van der Waals surface area (Å²) in [7, 11) is 0. The summed E-state index contributed by atoms with van der Waals surface area (Å²) in [4.78, 5) is 12.1. The number of nitrogens with zero attached hydrogens (tertiary/aromatic N) is 4. The molecule has 0 unspecified atom stereocenters. The molecular formula is C15H11BrCl3N5O. The molecule has 6 nitrogen and oxygen atoms in total. The Morgan fingerprint density at radius 1 is 1.16 bits per heavy atom. The second kappa shape index (κ2) is 7.78. The number of benzene rings is 1. The summed E-state index contributed by atoms with van der Waals surface area (Å²) >= 11 is 21.2. The predicted molar refractivity (Wildman–Crippen MR) is 101 cm³/mol. The Balaban J connectivity index is 1.68. The molecule has 2 aromatic heterocycles. The smallest absolute Gasteiger partial charge is 0.247 e. The van der Waals surface area contributed by atoms with Crippen LogP contribution >= 0.6 is 50.7 Å². The molecule has 0 aliphatic carbocycles. The lowest BCUT2D eigenvalue weighted by atomic mass is 10.2. The van der Waals surface area contributed by atoms with E-state index in [0.717, 1.165) is 5.56 Å². The molecule has 2 heterocycles. The first kappa shape index (κ1) is 18.3. The lowest BCUT2D eigenvalue weighted by molar-refractivity contribution is -0.116. The molecule has 3 rings (SSSR count). The monoisotopic (exact) mass is 461 g/mol. The van der Waals surface area contributed by atoms with Gasteiger partial charge in [0.15, 0.2) is 5.82 Å². The van der Waals surface area contributed by atoms with Crippen molar-refractivity contribution in [1.29, 1.82) is 0 Å². The minimum Gasteiger partial charge on any atom is -0.307 e. The van der Waals surface area contributed by atoms with Gasteiger partial charge in [0.2, 0.25) is 5.91 Å². The second-order valence-electron chi connectivity index (χ2n) is 5.16. The lowest BCUT2D eigenvalue weighted by Crippen LogP contribution is -2.19. The van der Waals surface area contributed by atoms with E-state index in [1.165, 1.54) is 10.9 Å². The zero-order valence-corrected chi connectivity index (χ0v) is 16.4. The largest absolute Gasteiger partial charge is 0.307 e. The number of carbonyl (C=O) groups is 1.